The van der Waals surface area contributed by atoms with Crippen LogP contribution >= 0.6 is 16.5 Å². The van der Waals surface area contributed by atoms with Crippen LogP contribution in [0.25, 0.3) is 11.1 Å². The summed E-state index contributed by atoms with van der Waals surface area (Å²) in [5, 5.41) is 4.94. The number of hydrogen-bond acceptors (Lipinski definition) is 0. The predicted octanol–water partition coefficient (Wildman–Crippen LogP) is 12.1. The largest absolute Gasteiger partial charge is 0.0788 e. The Bertz CT molecular complexity index is 1520. The quantitative estimate of drug-likeness (QED) is 0.161. The molecule has 0 bridgehead atoms. The summed E-state index contributed by atoms with van der Waals surface area (Å²) in [5.74, 6) is 1.39. The fourth-order valence-electron chi connectivity index (χ4n) is 7.46. The fourth-order valence-corrected chi connectivity index (χ4v) is 12.5. The van der Waals surface area contributed by atoms with Crippen molar-refractivity contribution in [2.75, 3.05) is 0 Å². The number of hydrogen-bond donors (Lipinski definition) is 0. The molecule has 0 spiro atoms. The minimum Gasteiger partial charge on any atom is -0.0788 e. The maximum atomic E-state index is 2.57. The third kappa shape index (κ3) is 7.34. The van der Waals surface area contributed by atoms with E-state index in [1.54, 1.807) is 21.7 Å². The van der Waals surface area contributed by atoms with E-state index in [1.807, 2.05) is 0 Å². The van der Waals surface area contributed by atoms with Crippen molar-refractivity contribution in [3.05, 3.63) is 113 Å². The molecular weight excluding hydrogens is 578 g/mol. The van der Waals surface area contributed by atoms with Crippen molar-refractivity contribution >= 4 is 32.4 Å². The zero-order valence-corrected chi connectivity index (χ0v) is 31.3. The fraction of sp³-hybridized carbons (Fsp3) is 0.442. The molecule has 4 aromatic carbocycles. The average molecular weight is 635 g/mol. The molecule has 0 saturated heterocycles. The molecule has 0 nitrogen and oxygen atoms in total. The molecule has 0 amide bonds. The van der Waals surface area contributed by atoms with Crippen LogP contribution in [0.1, 0.15) is 134 Å². The maximum Gasteiger partial charge on any atom is 0.0168 e. The van der Waals surface area contributed by atoms with Gasteiger partial charge in [0, 0.05) is 5.16 Å². The first kappa shape index (κ1) is 34.1. The zero-order valence-electron chi connectivity index (χ0n) is 29.4. The van der Waals surface area contributed by atoms with Gasteiger partial charge in [-0.1, -0.05) is 181 Å². The molecule has 2 heteroatoms. The summed E-state index contributed by atoms with van der Waals surface area (Å²) in [6, 6.07) is 35.5. The van der Waals surface area contributed by atoms with Crippen LogP contribution in [0.2, 0.25) is 0 Å². The van der Waals surface area contributed by atoms with Crippen molar-refractivity contribution in [3.8, 4) is 11.1 Å². The second kappa shape index (κ2) is 14.2. The van der Waals surface area contributed by atoms with Gasteiger partial charge in [0.15, 0.2) is 0 Å². The van der Waals surface area contributed by atoms with Gasteiger partial charge in [0.1, 0.15) is 0 Å². The average Bonchev–Trinajstić information content (AvgIpc) is 3.01. The third-order valence-electron chi connectivity index (χ3n) is 9.76. The Morgan fingerprint density at radius 2 is 1.18 bits per heavy atom. The van der Waals surface area contributed by atoms with Crippen LogP contribution in [0.3, 0.4) is 0 Å². The Balaban J connectivity index is 1.88. The van der Waals surface area contributed by atoms with Gasteiger partial charge in [0.05, 0.1) is 0 Å². The van der Waals surface area contributed by atoms with Gasteiger partial charge in [-0.15, -0.1) is 0 Å². The van der Waals surface area contributed by atoms with Gasteiger partial charge in [-0.05, 0) is 93.0 Å². The summed E-state index contributed by atoms with van der Waals surface area (Å²) in [6.45, 7) is 21.7. The number of rotatable bonds is 9. The molecule has 1 aliphatic rings. The monoisotopic (exact) mass is 634 g/mol. The lowest BCUT2D eigenvalue weighted by Gasteiger charge is -2.40. The molecule has 0 aromatic heterocycles. The van der Waals surface area contributed by atoms with Crippen molar-refractivity contribution < 1.29 is 0 Å². The summed E-state index contributed by atoms with van der Waals surface area (Å²) in [7, 11) is 0.113. The minimum absolute atomic E-state index is 0.114. The van der Waals surface area contributed by atoms with Crippen molar-refractivity contribution in [2.24, 2.45) is 0 Å². The lowest BCUT2D eigenvalue weighted by atomic mass is 9.81. The van der Waals surface area contributed by atoms with E-state index in [1.165, 1.54) is 59.7 Å². The molecule has 0 aliphatic heterocycles. The normalized spacial score (nSPS) is 16.3. The first-order chi connectivity index (χ1) is 21.4. The van der Waals surface area contributed by atoms with Crippen molar-refractivity contribution in [2.45, 2.75) is 122 Å². The summed E-state index contributed by atoms with van der Waals surface area (Å²) in [5.41, 5.74) is 9.17. The van der Waals surface area contributed by atoms with E-state index in [0.29, 0.717) is 17.8 Å². The maximum absolute atomic E-state index is 2.57. The minimum atomic E-state index is -0.626. The van der Waals surface area contributed by atoms with E-state index in [9.17, 15) is 0 Å². The standard InChI is InChI=1S/C43H56P2/c1-30(2)33-28-36(31(3)4)40(37(29-33)32(5)6)41-38(44-43(26-17-12-18-27-43)34-20-13-10-14-21-34)24-19-25-39(41)45(42(7,8)9)35-22-15-11-16-23-35/h10-11,13-16,19-25,28-32,44H,12,17-18,26-27H2,1-9H3. The highest BCUT2D eigenvalue weighted by atomic mass is 31.1. The molecule has 1 saturated carbocycles. The smallest absolute Gasteiger partial charge is 0.0168 e. The molecule has 1 aliphatic carbocycles. The third-order valence-corrected chi connectivity index (χ3v) is 14.7. The first-order valence-corrected chi connectivity index (χ1v) is 19.8. The van der Waals surface area contributed by atoms with Gasteiger partial charge in [0.25, 0.3) is 0 Å². The van der Waals surface area contributed by atoms with Crippen LogP contribution in [0.4, 0.5) is 0 Å². The Morgan fingerprint density at radius 3 is 1.69 bits per heavy atom. The highest BCUT2D eigenvalue weighted by molar-refractivity contribution is 7.74. The summed E-state index contributed by atoms with van der Waals surface area (Å²) < 4.78 is 0. The lowest BCUT2D eigenvalue weighted by molar-refractivity contribution is 0.404. The number of benzene rings is 4. The first-order valence-electron chi connectivity index (χ1n) is 17.4. The molecule has 0 radical (unpaired) electrons. The van der Waals surface area contributed by atoms with Crippen molar-refractivity contribution in [3.63, 3.8) is 0 Å². The molecule has 238 valence electrons. The topological polar surface area (TPSA) is 0 Å². The molecule has 5 rings (SSSR count). The van der Waals surface area contributed by atoms with Gasteiger partial charge in [-0.2, -0.15) is 0 Å². The lowest BCUT2D eigenvalue weighted by Crippen LogP contribution is -2.32. The van der Waals surface area contributed by atoms with E-state index in [2.05, 4.69) is 153 Å². The van der Waals surface area contributed by atoms with Gasteiger partial charge in [-0.25, -0.2) is 0 Å². The zero-order chi connectivity index (χ0) is 32.4. The predicted molar refractivity (Wildman–Crippen MR) is 206 cm³/mol. The second-order valence-corrected chi connectivity index (χ2v) is 20.0. The van der Waals surface area contributed by atoms with Crippen molar-refractivity contribution in [1.29, 1.82) is 0 Å². The highest BCUT2D eigenvalue weighted by Gasteiger charge is 2.37. The summed E-state index contributed by atoms with van der Waals surface area (Å²) >= 11 is 0. The summed E-state index contributed by atoms with van der Waals surface area (Å²) in [4.78, 5) is 0. The van der Waals surface area contributed by atoms with Gasteiger partial charge in [-0.3, -0.25) is 0 Å². The Labute approximate surface area is 278 Å². The molecule has 2 atom stereocenters. The SMILES string of the molecule is CC(C)c1cc(C(C)C)c(-c2c(PC3(c4ccccc4)CCCCC3)cccc2P(c2ccccc2)C(C)(C)C)c(C(C)C)c1. The van der Waals surface area contributed by atoms with Gasteiger partial charge < -0.3 is 0 Å². The molecule has 0 N–H and O–H groups in total. The van der Waals surface area contributed by atoms with E-state index < -0.39 is 7.92 Å². The molecule has 1 fully saturated rings. The molecule has 2 unspecified atom stereocenters. The Kier molecular flexibility index (Phi) is 10.8. The second-order valence-electron chi connectivity index (χ2n) is 15.2. The highest BCUT2D eigenvalue weighted by Crippen LogP contribution is 2.55. The van der Waals surface area contributed by atoms with Gasteiger partial charge >= 0.3 is 0 Å². The van der Waals surface area contributed by atoms with Crippen LogP contribution in [0.15, 0.2) is 91.0 Å². The van der Waals surface area contributed by atoms with Crippen LogP contribution in [0.5, 0.6) is 0 Å². The van der Waals surface area contributed by atoms with Crippen LogP contribution < -0.4 is 15.9 Å². The Morgan fingerprint density at radius 1 is 0.622 bits per heavy atom. The van der Waals surface area contributed by atoms with E-state index in [4.69, 9.17) is 0 Å². The molecular formula is C43H56P2. The van der Waals surface area contributed by atoms with E-state index >= 15 is 0 Å². The van der Waals surface area contributed by atoms with Crippen molar-refractivity contribution in [1.82, 2.24) is 0 Å². The Hall–Kier alpha value is -2.26. The van der Waals surface area contributed by atoms with Gasteiger partial charge in [0.2, 0.25) is 0 Å². The van der Waals surface area contributed by atoms with Crippen LogP contribution in [0, 0.1) is 0 Å². The van der Waals surface area contributed by atoms with E-state index in [-0.39, 0.29) is 10.3 Å². The molecule has 4 aromatic rings. The molecule has 0 heterocycles. The van der Waals surface area contributed by atoms with Crippen LogP contribution in [-0.4, -0.2) is 5.16 Å². The van der Waals surface area contributed by atoms with Crippen LogP contribution in [-0.2, 0) is 5.16 Å². The van der Waals surface area contributed by atoms with E-state index in [0.717, 1.165) is 8.58 Å². The summed E-state index contributed by atoms with van der Waals surface area (Å²) in [6.07, 6.45) is 6.58. The molecule has 45 heavy (non-hydrogen) atoms.